The van der Waals surface area contributed by atoms with E-state index in [1.54, 1.807) is 16.6 Å². The Morgan fingerprint density at radius 1 is 1.36 bits per heavy atom. The third-order valence-corrected chi connectivity index (χ3v) is 5.52. The molecule has 1 aliphatic heterocycles. The predicted octanol–water partition coefficient (Wildman–Crippen LogP) is 1.19. The molecule has 0 radical (unpaired) electrons. The van der Waals surface area contributed by atoms with Gasteiger partial charge in [0.2, 0.25) is 0 Å². The number of rotatable bonds is 6. The Labute approximate surface area is 165 Å². The molecule has 0 bridgehead atoms. The Balaban J connectivity index is 1.73. The summed E-state index contributed by atoms with van der Waals surface area (Å²) in [6.07, 6.45) is 0.699. The molecule has 0 fully saturated rings. The van der Waals surface area contributed by atoms with Gasteiger partial charge in [-0.15, -0.1) is 5.10 Å². The van der Waals surface area contributed by atoms with Crippen molar-refractivity contribution in [2.24, 2.45) is 5.92 Å². The number of hydrogen-bond acceptors (Lipinski definition) is 5. The van der Waals surface area contributed by atoms with Gasteiger partial charge in [-0.05, 0) is 38.7 Å². The smallest absolute Gasteiger partial charge is 0.276 e. The second-order valence-corrected chi connectivity index (χ2v) is 7.73. The largest absolute Gasteiger partial charge is 0.346 e. The van der Waals surface area contributed by atoms with Crippen molar-refractivity contribution in [1.29, 1.82) is 0 Å². The lowest BCUT2D eigenvalue weighted by molar-refractivity contribution is 0.0775. The maximum absolute atomic E-state index is 12.9. The van der Waals surface area contributed by atoms with Gasteiger partial charge in [0.25, 0.3) is 11.8 Å². The highest BCUT2D eigenvalue weighted by Crippen LogP contribution is 2.18. The molecule has 2 aromatic heterocycles. The Hall–Kier alpha value is -2.71. The summed E-state index contributed by atoms with van der Waals surface area (Å²) < 4.78 is 3.52. The van der Waals surface area contributed by atoms with E-state index < -0.39 is 0 Å². The van der Waals surface area contributed by atoms with Crippen molar-refractivity contribution in [2.75, 3.05) is 13.6 Å². The van der Waals surface area contributed by atoms with Crippen LogP contribution >= 0.6 is 0 Å². The van der Waals surface area contributed by atoms with E-state index in [9.17, 15) is 9.59 Å². The van der Waals surface area contributed by atoms with Crippen molar-refractivity contribution >= 4 is 11.8 Å². The Morgan fingerprint density at radius 2 is 2.07 bits per heavy atom. The van der Waals surface area contributed by atoms with Crippen LogP contribution in [-0.4, -0.2) is 61.1 Å². The van der Waals surface area contributed by atoms with E-state index in [4.69, 9.17) is 0 Å². The first-order valence-electron chi connectivity index (χ1n) is 9.77. The number of carbonyl (C=O) groups is 2. The molecule has 0 aliphatic carbocycles. The molecule has 0 aromatic carbocycles. The van der Waals surface area contributed by atoms with E-state index in [-0.39, 0.29) is 35.2 Å². The van der Waals surface area contributed by atoms with E-state index in [0.717, 1.165) is 23.5 Å². The van der Waals surface area contributed by atoms with Crippen molar-refractivity contribution in [1.82, 2.24) is 35.0 Å². The third-order valence-electron chi connectivity index (χ3n) is 5.52. The van der Waals surface area contributed by atoms with Gasteiger partial charge in [0.15, 0.2) is 11.4 Å². The maximum atomic E-state index is 12.9. The van der Waals surface area contributed by atoms with Crippen molar-refractivity contribution in [3.8, 4) is 0 Å². The van der Waals surface area contributed by atoms with Crippen molar-refractivity contribution in [3.63, 3.8) is 0 Å². The van der Waals surface area contributed by atoms with E-state index in [2.05, 4.69) is 27.7 Å². The number of hydrogen-bond donors (Lipinski definition) is 1. The zero-order valence-electron chi connectivity index (χ0n) is 17.5. The lowest BCUT2D eigenvalue weighted by atomic mass is 10.0. The molecule has 2 aromatic rings. The average molecular weight is 387 g/mol. The molecular formula is C19H29N7O2. The summed E-state index contributed by atoms with van der Waals surface area (Å²) in [5, 5.41) is 15.5. The molecule has 3 rings (SSSR count). The van der Waals surface area contributed by atoms with Crippen LogP contribution in [0.3, 0.4) is 0 Å². The first kappa shape index (κ1) is 20.0. The fourth-order valence-corrected chi connectivity index (χ4v) is 3.62. The average Bonchev–Trinajstić information content (AvgIpc) is 3.20. The highest BCUT2D eigenvalue weighted by Gasteiger charge is 2.34. The highest BCUT2D eigenvalue weighted by atomic mass is 16.2. The topological polar surface area (TPSA) is 97.9 Å². The van der Waals surface area contributed by atoms with Gasteiger partial charge in [0, 0.05) is 25.8 Å². The van der Waals surface area contributed by atoms with E-state index in [1.165, 1.54) is 0 Å². The number of aromatic nitrogens is 5. The second-order valence-electron chi connectivity index (χ2n) is 7.73. The molecule has 0 saturated heterocycles. The molecule has 1 N–H and O–H groups in total. The van der Waals surface area contributed by atoms with Crippen LogP contribution < -0.4 is 5.32 Å². The zero-order valence-corrected chi connectivity index (χ0v) is 17.5. The Morgan fingerprint density at radius 3 is 2.68 bits per heavy atom. The van der Waals surface area contributed by atoms with Gasteiger partial charge in [-0.25, -0.2) is 4.68 Å². The number of fused-ring (bicyclic) bond motifs is 1. The minimum absolute atomic E-state index is 0.0107. The number of nitrogens with one attached hydrogen (secondary N) is 1. The van der Waals surface area contributed by atoms with Crippen LogP contribution in [0.25, 0.3) is 0 Å². The van der Waals surface area contributed by atoms with Crippen LogP contribution in [0.4, 0.5) is 0 Å². The molecule has 2 amide bonds. The van der Waals surface area contributed by atoms with Crippen molar-refractivity contribution in [2.45, 2.75) is 60.2 Å². The second kappa shape index (κ2) is 7.73. The summed E-state index contributed by atoms with van der Waals surface area (Å²) in [6.45, 7) is 12.0. The number of aryl methyl sites for hydroxylation is 2. The van der Waals surface area contributed by atoms with Crippen LogP contribution in [0.5, 0.6) is 0 Å². The number of nitrogens with zero attached hydrogens (tertiary/aromatic N) is 6. The fraction of sp³-hybridized carbons (Fsp3) is 0.632. The summed E-state index contributed by atoms with van der Waals surface area (Å²) in [7, 11) is 1.72. The molecule has 0 spiro atoms. The lowest BCUT2D eigenvalue weighted by Crippen LogP contribution is -2.48. The van der Waals surface area contributed by atoms with Crippen LogP contribution in [0.2, 0.25) is 0 Å². The molecule has 152 valence electrons. The molecule has 1 unspecified atom stereocenters. The SMILES string of the molecule is CCn1nc(C)c(CCN(C)C(=O)c2nnn3c2C(=O)NC(C(C)C)C3)c1C. The zero-order chi connectivity index (χ0) is 20.6. The summed E-state index contributed by atoms with van der Waals surface area (Å²) in [6, 6.07) is -0.0107. The van der Waals surface area contributed by atoms with Gasteiger partial charge in [-0.1, -0.05) is 19.1 Å². The molecule has 0 saturated carbocycles. The summed E-state index contributed by atoms with van der Waals surface area (Å²) >= 11 is 0. The first-order chi connectivity index (χ1) is 13.2. The Bertz CT molecular complexity index is 896. The molecular weight excluding hydrogens is 358 g/mol. The number of likely N-dealkylation sites (N-methyl/N-ethyl adjacent to an activating group) is 1. The summed E-state index contributed by atoms with van der Waals surface area (Å²) in [4.78, 5) is 27.0. The minimum Gasteiger partial charge on any atom is -0.346 e. The van der Waals surface area contributed by atoms with Gasteiger partial charge >= 0.3 is 0 Å². The summed E-state index contributed by atoms with van der Waals surface area (Å²) in [5.41, 5.74) is 3.63. The molecule has 9 heteroatoms. The standard InChI is InChI=1S/C19H29N7O2/c1-7-25-13(5)14(12(4)22-25)8-9-24(6)19(28)16-17-18(27)20-15(11(2)3)10-26(17)23-21-16/h11,15H,7-10H2,1-6H3,(H,20,27). The van der Waals surface area contributed by atoms with Gasteiger partial charge in [0.1, 0.15) is 0 Å². The van der Waals surface area contributed by atoms with Gasteiger partial charge in [0.05, 0.1) is 18.3 Å². The van der Waals surface area contributed by atoms with Crippen LogP contribution in [-0.2, 0) is 19.5 Å². The predicted molar refractivity (Wildman–Crippen MR) is 104 cm³/mol. The van der Waals surface area contributed by atoms with Gasteiger partial charge < -0.3 is 10.2 Å². The lowest BCUT2D eigenvalue weighted by Gasteiger charge is -2.27. The molecule has 1 atom stereocenters. The van der Waals surface area contributed by atoms with Crippen LogP contribution in [0.15, 0.2) is 0 Å². The molecule has 28 heavy (non-hydrogen) atoms. The maximum Gasteiger partial charge on any atom is 0.276 e. The monoisotopic (exact) mass is 387 g/mol. The molecule has 1 aliphatic rings. The first-order valence-corrected chi connectivity index (χ1v) is 9.77. The van der Waals surface area contributed by atoms with E-state index in [0.29, 0.717) is 19.5 Å². The highest BCUT2D eigenvalue weighted by molar-refractivity contribution is 6.05. The number of amides is 2. The van der Waals surface area contributed by atoms with Crippen molar-refractivity contribution in [3.05, 3.63) is 28.3 Å². The van der Waals surface area contributed by atoms with Gasteiger partial charge in [-0.2, -0.15) is 5.10 Å². The quantitative estimate of drug-likeness (QED) is 0.803. The van der Waals surface area contributed by atoms with Crippen LogP contribution in [0.1, 0.15) is 58.7 Å². The Kier molecular flexibility index (Phi) is 5.53. The van der Waals surface area contributed by atoms with E-state index in [1.807, 2.05) is 32.4 Å². The molecule has 3 heterocycles. The normalized spacial score (nSPS) is 16.2. The number of carbonyl (C=O) groups excluding carboxylic acids is 2. The van der Waals surface area contributed by atoms with Crippen molar-refractivity contribution < 1.29 is 9.59 Å². The summed E-state index contributed by atoms with van der Waals surface area (Å²) in [5.74, 6) is -0.307. The van der Waals surface area contributed by atoms with E-state index >= 15 is 0 Å². The minimum atomic E-state index is -0.294. The third kappa shape index (κ3) is 3.53. The fourth-order valence-electron chi connectivity index (χ4n) is 3.62. The molecule has 9 nitrogen and oxygen atoms in total. The van der Waals surface area contributed by atoms with Crippen LogP contribution in [0, 0.1) is 19.8 Å². The van der Waals surface area contributed by atoms with Gasteiger partial charge in [-0.3, -0.25) is 14.3 Å².